The molecule has 0 spiro atoms. The maximum Gasteiger partial charge on any atom is 0.350 e. The van der Waals surface area contributed by atoms with Gasteiger partial charge in [-0.05, 0) is 62.1 Å². The van der Waals surface area contributed by atoms with Crippen LogP contribution in [0.3, 0.4) is 0 Å². The highest BCUT2D eigenvalue weighted by atomic mass is 16.5. The zero-order valence-corrected chi connectivity index (χ0v) is 25.5. The second-order valence-electron chi connectivity index (χ2n) is 9.48. The molecule has 4 rings (SSSR count). The van der Waals surface area contributed by atoms with Gasteiger partial charge in [-0.1, -0.05) is 0 Å². The van der Waals surface area contributed by atoms with Crippen LogP contribution >= 0.6 is 0 Å². The number of likely N-dealkylation sites (N-methyl/N-ethyl adjacent to an activating group) is 1. The number of nitrogens with one attached hydrogen (secondary N) is 3. The number of rotatable bonds is 11. The number of H-pyrrole nitrogens is 1. The molecule has 7 N–H and O–H groups in total. The molecule has 0 aliphatic rings. The van der Waals surface area contributed by atoms with Gasteiger partial charge in [-0.3, -0.25) is 20.0 Å². The van der Waals surface area contributed by atoms with E-state index in [9.17, 15) is 4.79 Å². The van der Waals surface area contributed by atoms with Gasteiger partial charge in [0, 0.05) is 50.1 Å². The van der Waals surface area contributed by atoms with E-state index in [2.05, 4.69) is 25.4 Å². The molecule has 2 aromatic carbocycles. The van der Waals surface area contributed by atoms with Crippen molar-refractivity contribution in [3.05, 3.63) is 88.4 Å². The predicted octanol–water partition coefficient (Wildman–Crippen LogP) is 1.97. The number of carboxylic acid groups (broad SMARTS) is 2. The molecule has 16 heteroatoms. The Morgan fingerprint density at radius 1 is 1.07 bits per heavy atom. The number of amidine groups is 1. The molecule has 45 heavy (non-hydrogen) atoms. The fraction of sp³-hybridized carbons (Fsp3) is 0.276. The van der Waals surface area contributed by atoms with E-state index in [4.69, 9.17) is 40.4 Å². The summed E-state index contributed by atoms with van der Waals surface area (Å²) in [4.78, 5) is 43.9. The van der Waals surface area contributed by atoms with Gasteiger partial charge < -0.3 is 35.6 Å². The minimum Gasteiger partial charge on any atom is -0.497 e. The van der Waals surface area contributed by atoms with E-state index in [0.29, 0.717) is 29.5 Å². The number of aromatic amines is 1. The predicted molar refractivity (Wildman–Crippen MR) is 166 cm³/mol. The Morgan fingerprint density at radius 3 is 2.18 bits per heavy atom. The quantitative estimate of drug-likeness (QED) is 0.104. The second kappa shape index (κ2) is 17.4. The summed E-state index contributed by atoms with van der Waals surface area (Å²) < 4.78 is 12.6. The molecule has 0 saturated carbocycles. The van der Waals surface area contributed by atoms with Crippen LogP contribution in [-0.4, -0.2) is 92.0 Å². The van der Waals surface area contributed by atoms with E-state index in [1.54, 1.807) is 43.5 Å². The van der Waals surface area contributed by atoms with Crippen LogP contribution in [0.15, 0.2) is 65.7 Å². The van der Waals surface area contributed by atoms with Gasteiger partial charge >= 0.3 is 5.69 Å². The van der Waals surface area contributed by atoms with Gasteiger partial charge in [-0.2, -0.15) is 0 Å². The molecular formula is C29H37N9O7. The molecular weight excluding hydrogens is 586 g/mol. The summed E-state index contributed by atoms with van der Waals surface area (Å²) in [5.74, 6) is -0.00722. The fourth-order valence-electron chi connectivity index (χ4n) is 3.54. The Kier molecular flexibility index (Phi) is 13.7. The van der Waals surface area contributed by atoms with E-state index >= 15 is 0 Å². The molecule has 0 unspecified atom stereocenters. The summed E-state index contributed by atoms with van der Waals surface area (Å²) in [6.45, 7) is 3.40. The van der Waals surface area contributed by atoms with Crippen LogP contribution in [0.1, 0.15) is 36.8 Å². The van der Waals surface area contributed by atoms with Crippen LogP contribution in [0.2, 0.25) is 0 Å². The van der Waals surface area contributed by atoms with Crippen molar-refractivity contribution in [1.82, 2.24) is 29.6 Å². The first-order chi connectivity index (χ1) is 21.3. The lowest BCUT2D eigenvalue weighted by Crippen LogP contribution is -2.19. The molecule has 0 amide bonds. The molecule has 0 fully saturated rings. The molecule has 16 nitrogen and oxygen atoms in total. The highest BCUT2D eigenvalue weighted by Crippen LogP contribution is 2.31. The highest BCUT2D eigenvalue weighted by Gasteiger charge is 2.22. The van der Waals surface area contributed by atoms with Crippen molar-refractivity contribution in [1.29, 1.82) is 5.41 Å². The molecule has 0 saturated heterocycles. The molecule has 0 bridgehead atoms. The summed E-state index contributed by atoms with van der Waals surface area (Å²) >= 11 is 0. The van der Waals surface area contributed by atoms with Crippen LogP contribution in [0.5, 0.6) is 11.5 Å². The number of nitrogen functional groups attached to an aromatic ring is 1. The molecule has 2 heterocycles. The monoisotopic (exact) mass is 623 g/mol. The topological polar surface area (TPSA) is 235 Å². The van der Waals surface area contributed by atoms with E-state index < -0.39 is 23.7 Å². The van der Waals surface area contributed by atoms with Gasteiger partial charge in [0.1, 0.15) is 30.0 Å². The van der Waals surface area contributed by atoms with Gasteiger partial charge in [0.25, 0.3) is 17.9 Å². The number of nitrogens with zero attached hydrogens (tertiary/aromatic N) is 5. The van der Waals surface area contributed by atoms with Crippen LogP contribution in [-0.2, 0) is 9.59 Å². The van der Waals surface area contributed by atoms with Gasteiger partial charge in [-0.15, -0.1) is 9.78 Å². The van der Waals surface area contributed by atoms with Gasteiger partial charge in [0.15, 0.2) is 5.82 Å². The molecule has 0 radical (unpaired) electrons. The maximum absolute atomic E-state index is 12.8. The first-order valence-electron chi connectivity index (χ1n) is 13.3. The Bertz CT molecular complexity index is 1580. The number of carbonyl (C=O) groups is 2. The number of anilines is 1. The third-order valence-electron chi connectivity index (χ3n) is 5.44. The van der Waals surface area contributed by atoms with Crippen LogP contribution in [0.25, 0.3) is 5.95 Å². The molecule has 4 aromatic rings. The van der Waals surface area contributed by atoms with Crippen molar-refractivity contribution in [2.24, 2.45) is 5.73 Å². The molecule has 1 atom stereocenters. The van der Waals surface area contributed by atoms with Crippen molar-refractivity contribution < 1.29 is 29.3 Å². The smallest absolute Gasteiger partial charge is 0.350 e. The number of carboxylic acids is 2. The Hall–Kier alpha value is -5.77. The molecule has 240 valence electrons. The van der Waals surface area contributed by atoms with Crippen molar-refractivity contribution in [2.45, 2.75) is 19.9 Å². The lowest BCUT2D eigenvalue weighted by atomic mass is 10.0. The third-order valence-corrected chi connectivity index (χ3v) is 5.44. The summed E-state index contributed by atoms with van der Waals surface area (Å²) in [7, 11) is 5.52. The zero-order chi connectivity index (χ0) is 33.5. The standard InChI is InChI=1S/C25H29N9O3.2C2H4O2/c1-33(2)11-12-37-20-14-17(13-19(15-20)36-3)21(30-18-7-5-16(6-8-18)22(26)27)23-31-25(35)34(32-23)24-28-9-4-10-29-24;2*1-2(3)4/h4-10,13-15,21,30H,11-12H2,1-3H3,(H3,26,27)(H,31,32,35);2*1H3,(H,3,4)/t21-;;/m0../s1. The van der Waals surface area contributed by atoms with Crippen LogP contribution in [0, 0.1) is 5.41 Å². The number of aliphatic carboxylic acids is 2. The normalized spacial score (nSPS) is 10.8. The number of nitrogens with two attached hydrogens (primary N) is 1. The number of hydrogen-bond donors (Lipinski definition) is 6. The maximum atomic E-state index is 12.8. The first-order valence-corrected chi connectivity index (χ1v) is 13.3. The minimum atomic E-state index is -0.833. The largest absolute Gasteiger partial charge is 0.497 e. The SMILES string of the molecule is CC(=O)O.CC(=O)O.COc1cc(OCCN(C)C)cc([C@H](Nc2ccc(C(=N)N)cc2)c2nn(-c3ncccn3)c(=O)[nH]2)c1. The van der Waals surface area contributed by atoms with E-state index in [1.165, 1.54) is 12.4 Å². The van der Waals surface area contributed by atoms with Crippen molar-refractivity contribution in [3.8, 4) is 17.4 Å². The summed E-state index contributed by atoms with van der Waals surface area (Å²) in [5, 5.41) is 30.4. The number of methoxy groups -OCH3 is 1. The van der Waals surface area contributed by atoms with Gasteiger partial charge in [0.2, 0.25) is 0 Å². The Morgan fingerprint density at radius 2 is 1.64 bits per heavy atom. The Balaban J connectivity index is 0.000000789. The molecule has 0 aliphatic heterocycles. The fourth-order valence-corrected chi connectivity index (χ4v) is 3.54. The first kappa shape index (κ1) is 35.4. The van der Waals surface area contributed by atoms with E-state index in [-0.39, 0.29) is 11.8 Å². The van der Waals surface area contributed by atoms with E-state index in [1.807, 2.05) is 31.1 Å². The zero-order valence-electron chi connectivity index (χ0n) is 25.5. The molecule has 2 aromatic heterocycles. The summed E-state index contributed by atoms with van der Waals surface area (Å²) in [6, 6.07) is 13.6. The van der Waals surface area contributed by atoms with Gasteiger partial charge in [0.05, 0.1) is 7.11 Å². The Labute approximate surface area is 259 Å². The minimum absolute atomic E-state index is 0.0265. The lowest BCUT2D eigenvalue weighted by Gasteiger charge is -2.20. The second-order valence-corrected chi connectivity index (χ2v) is 9.48. The number of ether oxygens (including phenoxy) is 2. The summed E-state index contributed by atoms with van der Waals surface area (Å²) in [5.41, 5.74) is 7.17. The number of hydrogen-bond acceptors (Lipinski definition) is 11. The van der Waals surface area contributed by atoms with Crippen molar-refractivity contribution in [3.63, 3.8) is 0 Å². The van der Waals surface area contributed by atoms with Gasteiger partial charge in [-0.25, -0.2) is 14.8 Å². The highest BCUT2D eigenvalue weighted by molar-refractivity contribution is 5.95. The number of benzene rings is 2. The van der Waals surface area contributed by atoms with Crippen LogP contribution in [0.4, 0.5) is 5.69 Å². The third kappa shape index (κ3) is 12.2. The average molecular weight is 624 g/mol. The number of aromatic nitrogens is 5. The molecule has 0 aliphatic carbocycles. The van der Waals surface area contributed by atoms with Crippen LogP contribution < -0.4 is 26.2 Å². The average Bonchev–Trinajstić information content (AvgIpc) is 3.36. The summed E-state index contributed by atoms with van der Waals surface area (Å²) in [6.07, 6.45) is 3.07. The van der Waals surface area contributed by atoms with E-state index in [0.717, 1.165) is 36.3 Å². The van der Waals surface area contributed by atoms with Crippen molar-refractivity contribution >= 4 is 23.5 Å². The van der Waals surface area contributed by atoms with Crippen molar-refractivity contribution in [2.75, 3.05) is 39.7 Å². The lowest BCUT2D eigenvalue weighted by molar-refractivity contribution is -0.135.